The second-order valence-corrected chi connectivity index (χ2v) is 22.5. The zero-order valence-corrected chi connectivity index (χ0v) is 52.9. The van der Waals surface area contributed by atoms with Crippen molar-refractivity contribution in [1.29, 1.82) is 0 Å². The Morgan fingerprint density at radius 2 is 1.68 bits per heavy atom. The molecule has 4 aromatic rings. The number of hydrogen-bond acceptors (Lipinski definition) is 10. The molecule has 0 bridgehead atoms. The maximum Gasteiger partial charge on any atom is 1.00 e. The minimum Gasteiger partial charge on any atom is -0.369 e. The summed E-state index contributed by atoms with van der Waals surface area (Å²) < 4.78 is 45.2. The SMILES string of the molecule is C=CC(C(C)C)N1CCC(CNCC)C1.C=CCCC(C)(C)Cc1c(-c2cc(N3CCN(C4CC4)CC3)cnc2[CH-]C)n(CC(F)(F)F)c2ccc(-c3csc(CC(C=C)NC)n3)cc12.CC.CC.CN1CCCCN1.[Na+]. The third kappa shape index (κ3) is 20.8. The number of alkyl halides is 3. The number of pyridine rings is 1. The van der Waals surface area contributed by atoms with Crippen molar-refractivity contribution < 1.29 is 42.7 Å². The van der Waals surface area contributed by atoms with Crippen molar-refractivity contribution in [3.8, 4) is 22.5 Å². The molecule has 3 aromatic heterocycles. The molecule has 3 N–H and O–H groups in total. The second-order valence-electron chi connectivity index (χ2n) is 21.5. The van der Waals surface area contributed by atoms with Gasteiger partial charge in [-0.1, -0.05) is 92.3 Å². The normalized spacial score (nSPS) is 18.0. The molecule has 0 radical (unpaired) electrons. The first-order valence-corrected chi connectivity index (χ1v) is 29.8. The van der Waals surface area contributed by atoms with E-state index in [1.165, 1.54) is 62.9 Å². The third-order valence-electron chi connectivity index (χ3n) is 14.9. The minimum atomic E-state index is -4.42. The third-order valence-corrected chi connectivity index (χ3v) is 15.8. The first-order chi connectivity index (χ1) is 36.5. The number of hydrogen-bond donors (Lipinski definition) is 3. The van der Waals surface area contributed by atoms with Gasteiger partial charge in [0.05, 0.1) is 10.7 Å². The van der Waals surface area contributed by atoms with Gasteiger partial charge in [-0.3, -0.25) is 20.2 Å². The molecule has 0 spiro atoms. The van der Waals surface area contributed by atoms with Crippen LogP contribution in [-0.4, -0.2) is 133 Å². The molecule has 1 saturated carbocycles. The molecule has 1 aromatic carbocycles. The van der Waals surface area contributed by atoms with Crippen molar-refractivity contribution in [3.63, 3.8) is 0 Å². The number of thiazole rings is 1. The van der Waals surface area contributed by atoms with E-state index in [2.05, 4.69) is 115 Å². The van der Waals surface area contributed by atoms with Crippen LogP contribution in [0.15, 0.2) is 73.8 Å². The van der Waals surface area contributed by atoms with Gasteiger partial charge in [-0.05, 0) is 119 Å². The summed E-state index contributed by atoms with van der Waals surface area (Å²) in [4.78, 5) is 17.3. The fraction of sp³-hybridized carbons (Fsp3) is 0.629. The molecule has 3 aliphatic heterocycles. The molecule has 15 heteroatoms. The summed E-state index contributed by atoms with van der Waals surface area (Å²) >= 11 is 1.59. The van der Waals surface area contributed by atoms with E-state index < -0.39 is 12.7 Å². The number of benzene rings is 1. The summed E-state index contributed by atoms with van der Waals surface area (Å²) in [5.41, 5.74) is 9.20. The van der Waals surface area contributed by atoms with Gasteiger partial charge in [0.2, 0.25) is 0 Å². The summed E-state index contributed by atoms with van der Waals surface area (Å²) in [6.45, 7) is 42.6. The van der Waals surface area contributed by atoms with Gasteiger partial charge < -0.3 is 20.1 Å². The van der Waals surface area contributed by atoms with Crippen molar-refractivity contribution in [2.75, 3.05) is 84.4 Å². The molecule has 0 amide bonds. The van der Waals surface area contributed by atoms with Crippen molar-refractivity contribution in [1.82, 2.24) is 45.4 Å². The molecule has 1 aliphatic carbocycles. The van der Waals surface area contributed by atoms with Crippen molar-refractivity contribution in [3.05, 3.63) is 96.5 Å². The zero-order valence-electron chi connectivity index (χ0n) is 50.1. The Bertz CT molecular complexity index is 2330. The molecule has 3 saturated heterocycles. The fourth-order valence-electron chi connectivity index (χ4n) is 10.7. The number of nitrogens with zero attached hydrogens (tertiary/aromatic N) is 7. The van der Waals surface area contributed by atoms with Gasteiger partial charge in [-0.2, -0.15) is 13.2 Å². The average molecular weight is 1100 g/mol. The smallest absolute Gasteiger partial charge is 0.369 e. The van der Waals surface area contributed by atoms with Gasteiger partial charge in [0.15, 0.2) is 0 Å². The van der Waals surface area contributed by atoms with Crippen LogP contribution >= 0.6 is 11.3 Å². The molecule has 3 unspecified atom stereocenters. The molecule has 4 aliphatic rings. The van der Waals surface area contributed by atoms with E-state index in [9.17, 15) is 13.2 Å². The summed E-state index contributed by atoms with van der Waals surface area (Å²) in [5.74, 6) is 1.52. The molecule has 3 atom stereocenters. The molecule has 4 fully saturated rings. The number of allylic oxidation sites excluding steroid dienone is 1. The maximum atomic E-state index is 14.6. The summed E-state index contributed by atoms with van der Waals surface area (Å²) in [6.07, 6.45) is 14.9. The topological polar surface area (TPSA) is 79.8 Å². The molecular formula is C62H100F3N10NaS. The van der Waals surface area contributed by atoms with E-state index in [1.807, 2.05) is 83.9 Å². The Hall–Kier alpha value is -3.02. The Balaban J connectivity index is 0.000000475. The van der Waals surface area contributed by atoms with Crippen LogP contribution < -0.4 is 50.5 Å². The first-order valence-electron chi connectivity index (χ1n) is 28.9. The van der Waals surface area contributed by atoms with Crippen LogP contribution in [0, 0.1) is 23.7 Å². The Morgan fingerprint density at radius 1 is 0.961 bits per heavy atom. The van der Waals surface area contributed by atoms with Crippen molar-refractivity contribution in [2.24, 2.45) is 17.3 Å². The van der Waals surface area contributed by atoms with Gasteiger partial charge >= 0.3 is 35.7 Å². The van der Waals surface area contributed by atoms with Gasteiger partial charge in [-0.15, -0.1) is 49.6 Å². The maximum absolute atomic E-state index is 14.6. The van der Waals surface area contributed by atoms with Crippen LogP contribution in [0.25, 0.3) is 33.4 Å². The van der Waals surface area contributed by atoms with Crippen molar-refractivity contribution in [2.45, 2.75) is 158 Å². The van der Waals surface area contributed by atoms with Gasteiger partial charge in [0.25, 0.3) is 0 Å². The number of anilines is 1. The van der Waals surface area contributed by atoms with Crippen LogP contribution in [0.1, 0.15) is 130 Å². The number of halogens is 3. The zero-order chi connectivity index (χ0) is 56.0. The van der Waals surface area contributed by atoms with Gasteiger partial charge in [0, 0.05) is 111 Å². The van der Waals surface area contributed by atoms with Crippen LogP contribution in [0.4, 0.5) is 18.9 Å². The van der Waals surface area contributed by atoms with E-state index in [1.54, 1.807) is 11.3 Å². The molecular weight excluding hydrogens is 997 g/mol. The summed E-state index contributed by atoms with van der Waals surface area (Å²) in [5, 5.41) is 12.7. The number of aromatic nitrogens is 3. The fourth-order valence-corrected chi connectivity index (χ4v) is 11.5. The molecule has 426 valence electrons. The van der Waals surface area contributed by atoms with Crippen molar-refractivity contribution >= 4 is 27.9 Å². The predicted octanol–water partition coefficient (Wildman–Crippen LogP) is 10.5. The largest absolute Gasteiger partial charge is 1.00 e. The number of nitrogens with one attached hydrogen (secondary N) is 3. The van der Waals surface area contributed by atoms with Gasteiger partial charge in [0.1, 0.15) is 6.54 Å². The number of likely N-dealkylation sites (N-methyl/N-ethyl adjacent to an activating group) is 1. The Morgan fingerprint density at radius 3 is 2.22 bits per heavy atom. The summed E-state index contributed by atoms with van der Waals surface area (Å²) in [6, 6.07) is 9.29. The van der Waals surface area contributed by atoms with Crippen LogP contribution in [0.2, 0.25) is 0 Å². The predicted molar refractivity (Wildman–Crippen MR) is 321 cm³/mol. The van der Waals surface area contributed by atoms with Crippen LogP contribution in [-0.2, 0) is 19.4 Å². The molecule has 77 heavy (non-hydrogen) atoms. The molecule has 6 heterocycles. The average Bonchev–Trinajstić information content (AvgIpc) is 3.88. The molecule has 10 nitrogen and oxygen atoms in total. The number of hydrazine groups is 1. The van der Waals surface area contributed by atoms with E-state index in [0.29, 0.717) is 41.3 Å². The van der Waals surface area contributed by atoms with E-state index in [-0.39, 0.29) is 41.0 Å². The Kier molecular flexibility index (Phi) is 30.4. The van der Waals surface area contributed by atoms with E-state index in [0.717, 1.165) is 103 Å². The molecule has 8 rings (SSSR count). The minimum absolute atomic E-state index is 0. The number of rotatable bonds is 21. The quantitative estimate of drug-likeness (QED) is 0.0430. The summed E-state index contributed by atoms with van der Waals surface area (Å²) in [7, 11) is 3.98. The first kappa shape index (κ1) is 68.3. The number of fused-ring (bicyclic) bond motifs is 1. The monoisotopic (exact) mass is 1100 g/mol. The van der Waals surface area contributed by atoms with E-state index in [4.69, 9.17) is 9.97 Å². The van der Waals surface area contributed by atoms with Crippen LogP contribution in [0.5, 0.6) is 0 Å². The number of likely N-dealkylation sites (tertiary alicyclic amines) is 1. The van der Waals surface area contributed by atoms with Gasteiger partial charge in [-0.25, -0.2) is 16.4 Å². The van der Waals surface area contributed by atoms with E-state index >= 15 is 0 Å². The second kappa shape index (κ2) is 34.3. The Labute approximate surface area is 491 Å². The standard InChI is InChI=1S/C40H50F3N6S.C13H26N2.C5H12N2.2C2H6.Na/c1-7-10-15-39(4,5)23-33-31-20-27(35-25-50-37(46-35)21-28(8-2)44-6)11-14-36(31)49(26-40(41,42)43)38(33)32-22-30(24-45-34(32)9-3)48-18-16-47(17-19-48)29-12-13-29;1-5-13(11(3)4)15-8-7-12(10-15)9-14-6-2;1-7-5-3-2-4-6-7;2*1-2;/h7-9,11,14,20,22,24-25,28-29,44H,1-2,10,12-13,15-19,21,23,26H2,3-6H3;5,11-14H,1,6-10H2,2-4H3;6H,2-5H2,1H3;2*1-2H3;/q-1;;;;;+1. The van der Waals surface area contributed by atoms with Crippen LogP contribution in [0.3, 0.4) is 0 Å². The number of piperazine rings is 1.